The van der Waals surface area contributed by atoms with Gasteiger partial charge in [-0.15, -0.1) is 0 Å². The molecule has 5 heteroatoms. The SMILES string of the molecule is CCn1c(=NC(=O)c2cccc(Br)c2)sc2cc(C)c(C)cc21. The summed E-state index contributed by atoms with van der Waals surface area (Å²) in [6.07, 6.45) is 0. The summed E-state index contributed by atoms with van der Waals surface area (Å²) in [4.78, 5) is 17.6. The maximum atomic E-state index is 12.5. The lowest BCUT2D eigenvalue weighted by Gasteiger charge is -2.03. The predicted octanol–water partition coefficient (Wildman–Crippen LogP) is 4.84. The van der Waals surface area contributed by atoms with Crippen LogP contribution in [0.2, 0.25) is 0 Å². The second kappa shape index (κ2) is 6.42. The summed E-state index contributed by atoms with van der Waals surface area (Å²) in [5.41, 5.74) is 4.24. The highest BCUT2D eigenvalue weighted by Crippen LogP contribution is 2.22. The van der Waals surface area contributed by atoms with Crippen LogP contribution in [-0.4, -0.2) is 10.5 Å². The van der Waals surface area contributed by atoms with Gasteiger partial charge in [0, 0.05) is 16.6 Å². The zero-order valence-corrected chi connectivity index (χ0v) is 15.7. The van der Waals surface area contributed by atoms with Gasteiger partial charge in [0.25, 0.3) is 5.91 Å². The van der Waals surface area contributed by atoms with Gasteiger partial charge >= 0.3 is 0 Å². The van der Waals surface area contributed by atoms with Gasteiger partial charge in [-0.1, -0.05) is 33.3 Å². The average molecular weight is 389 g/mol. The first-order chi connectivity index (χ1) is 11.0. The Hall–Kier alpha value is -1.72. The third kappa shape index (κ3) is 3.16. The Labute approximate surface area is 147 Å². The van der Waals surface area contributed by atoms with E-state index in [-0.39, 0.29) is 5.91 Å². The number of benzene rings is 2. The van der Waals surface area contributed by atoms with E-state index in [1.165, 1.54) is 11.1 Å². The van der Waals surface area contributed by atoms with E-state index in [0.29, 0.717) is 5.56 Å². The minimum absolute atomic E-state index is 0.214. The number of hydrogen-bond acceptors (Lipinski definition) is 2. The molecule has 0 bridgehead atoms. The summed E-state index contributed by atoms with van der Waals surface area (Å²) in [6, 6.07) is 11.7. The highest BCUT2D eigenvalue weighted by molar-refractivity contribution is 9.10. The Kier molecular flexibility index (Phi) is 4.50. The molecule has 3 nitrogen and oxygen atoms in total. The number of aryl methyl sites for hydroxylation is 3. The molecular weight excluding hydrogens is 372 g/mol. The molecule has 0 aliphatic heterocycles. The molecule has 3 rings (SSSR count). The lowest BCUT2D eigenvalue weighted by Crippen LogP contribution is -2.15. The highest BCUT2D eigenvalue weighted by atomic mass is 79.9. The highest BCUT2D eigenvalue weighted by Gasteiger charge is 2.10. The van der Waals surface area contributed by atoms with Crippen LogP contribution in [0.4, 0.5) is 0 Å². The van der Waals surface area contributed by atoms with E-state index in [9.17, 15) is 4.79 Å². The van der Waals surface area contributed by atoms with E-state index in [1.807, 2.05) is 12.1 Å². The van der Waals surface area contributed by atoms with E-state index in [1.54, 1.807) is 23.5 Å². The van der Waals surface area contributed by atoms with Crippen LogP contribution in [0.3, 0.4) is 0 Å². The maximum absolute atomic E-state index is 12.5. The van der Waals surface area contributed by atoms with Crippen molar-refractivity contribution >= 4 is 43.4 Å². The normalized spacial score (nSPS) is 12.1. The molecule has 118 valence electrons. The monoisotopic (exact) mass is 388 g/mol. The van der Waals surface area contributed by atoms with Crippen LogP contribution < -0.4 is 4.80 Å². The number of carbonyl (C=O) groups is 1. The molecule has 0 spiro atoms. The van der Waals surface area contributed by atoms with Gasteiger partial charge in [-0.25, -0.2) is 0 Å². The summed E-state index contributed by atoms with van der Waals surface area (Å²) in [5, 5.41) is 0. The molecule has 0 saturated heterocycles. The third-order valence-electron chi connectivity index (χ3n) is 3.88. The molecule has 1 aromatic heterocycles. The Morgan fingerprint density at radius 1 is 1.22 bits per heavy atom. The first kappa shape index (κ1) is 16.1. The predicted molar refractivity (Wildman–Crippen MR) is 99.0 cm³/mol. The lowest BCUT2D eigenvalue weighted by atomic mass is 10.1. The van der Waals surface area contributed by atoms with E-state index in [4.69, 9.17) is 0 Å². The van der Waals surface area contributed by atoms with Crippen LogP contribution in [-0.2, 0) is 6.54 Å². The first-order valence-corrected chi connectivity index (χ1v) is 9.05. The van der Waals surface area contributed by atoms with E-state index >= 15 is 0 Å². The summed E-state index contributed by atoms with van der Waals surface area (Å²) in [5.74, 6) is -0.214. The largest absolute Gasteiger partial charge is 0.317 e. The van der Waals surface area contributed by atoms with Gasteiger partial charge in [0.1, 0.15) is 0 Å². The van der Waals surface area contributed by atoms with Crippen molar-refractivity contribution in [3.63, 3.8) is 0 Å². The van der Waals surface area contributed by atoms with Crippen LogP contribution >= 0.6 is 27.3 Å². The third-order valence-corrected chi connectivity index (χ3v) is 5.42. The molecular formula is C18H17BrN2OS. The smallest absolute Gasteiger partial charge is 0.279 e. The Bertz CT molecular complexity index is 969. The van der Waals surface area contributed by atoms with Crippen molar-refractivity contribution < 1.29 is 4.79 Å². The van der Waals surface area contributed by atoms with Gasteiger partial charge in [-0.05, 0) is 62.2 Å². The quantitative estimate of drug-likeness (QED) is 0.617. The summed E-state index contributed by atoms with van der Waals surface area (Å²) in [7, 11) is 0. The van der Waals surface area contributed by atoms with Crippen molar-refractivity contribution in [3.05, 3.63) is 62.4 Å². The van der Waals surface area contributed by atoms with Crippen LogP contribution in [0, 0.1) is 13.8 Å². The summed E-state index contributed by atoms with van der Waals surface area (Å²) < 4.78 is 4.14. The van der Waals surface area contributed by atoms with Crippen LogP contribution in [0.15, 0.2) is 45.9 Å². The second-order valence-corrected chi connectivity index (χ2v) is 7.39. The van der Waals surface area contributed by atoms with Gasteiger partial charge in [-0.3, -0.25) is 4.79 Å². The van der Waals surface area contributed by atoms with Gasteiger partial charge in [-0.2, -0.15) is 4.99 Å². The Morgan fingerprint density at radius 3 is 2.65 bits per heavy atom. The Morgan fingerprint density at radius 2 is 1.96 bits per heavy atom. The van der Waals surface area contributed by atoms with Crippen molar-refractivity contribution in [2.24, 2.45) is 4.99 Å². The maximum Gasteiger partial charge on any atom is 0.279 e. The fourth-order valence-corrected chi connectivity index (χ4v) is 4.06. The molecule has 0 N–H and O–H groups in total. The van der Waals surface area contributed by atoms with Gasteiger partial charge in [0.15, 0.2) is 4.80 Å². The standard InChI is InChI=1S/C18H17BrN2OS/c1-4-21-15-8-11(2)12(3)9-16(15)23-18(21)20-17(22)13-6-5-7-14(19)10-13/h5-10H,4H2,1-3H3. The van der Waals surface area contributed by atoms with Crippen molar-refractivity contribution in [1.82, 2.24) is 4.57 Å². The second-order valence-electron chi connectivity index (χ2n) is 5.46. The molecule has 0 unspecified atom stereocenters. The topological polar surface area (TPSA) is 34.4 Å². The number of thiazole rings is 1. The molecule has 0 radical (unpaired) electrons. The minimum atomic E-state index is -0.214. The molecule has 0 aliphatic rings. The van der Waals surface area contributed by atoms with E-state index in [0.717, 1.165) is 26.0 Å². The Balaban J connectivity index is 2.17. The van der Waals surface area contributed by atoms with Gasteiger partial charge in [0.05, 0.1) is 10.2 Å². The fourth-order valence-electron chi connectivity index (χ4n) is 2.49. The molecule has 3 aromatic rings. The average Bonchev–Trinajstić information content (AvgIpc) is 2.84. The number of fused-ring (bicyclic) bond motifs is 1. The van der Waals surface area contributed by atoms with Crippen molar-refractivity contribution in [2.45, 2.75) is 27.3 Å². The number of aromatic nitrogens is 1. The number of halogens is 1. The summed E-state index contributed by atoms with van der Waals surface area (Å²) in [6.45, 7) is 7.07. The zero-order valence-electron chi connectivity index (χ0n) is 13.3. The van der Waals surface area contributed by atoms with Crippen LogP contribution in [0.25, 0.3) is 10.2 Å². The molecule has 2 aromatic carbocycles. The number of hydrogen-bond donors (Lipinski definition) is 0. The number of carbonyl (C=O) groups excluding carboxylic acids is 1. The molecule has 23 heavy (non-hydrogen) atoms. The van der Waals surface area contributed by atoms with Crippen molar-refractivity contribution in [3.8, 4) is 0 Å². The molecule has 1 heterocycles. The molecule has 0 atom stereocenters. The molecule has 0 aliphatic carbocycles. The molecule has 0 fully saturated rings. The first-order valence-electron chi connectivity index (χ1n) is 7.45. The zero-order chi connectivity index (χ0) is 16.6. The molecule has 0 saturated carbocycles. The minimum Gasteiger partial charge on any atom is -0.317 e. The number of nitrogens with zero attached hydrogens (tertiary/aromatic N) is 2. The van der Waals surface area contributed by atoms with Crippen molar-refractivity contribution in [1.29, 1.82) is 0 Å². The van der Waals surface area contributed by atoms with E-state index < -0.39 is 0 Å². The summed E-state index contributed by atoms with van der Waals surface area (Å²) >= 11 is 4.95. The fraction of sp³-hybridized carbons (Fsp3) is 0.222. The van der Waals surface area contributed by atoms with Gasteiger partial charge < -0.3 is 4.57 Å². The lowest BCUT2D eigenvalue weighted by molar-refractivity contribution is 0.0998. The van der Waals surface area contributed by atoms with Crippen molar-refractivity contribution in [2.75, 3.05) is 0 Å². The van der Waals surface area contributed by atoms with Gasteiger partial charge in [0.2, 0.25) is 0 Å². The number of rotatable bonds is 2. The van der Waals surface area contributed by atoms with Crippen LogP contribution in [0.1, 0.15) is 28.4 Å². The number of amides is 1. The van der Waals surface area contributed by atoms with Crippen LogP contribution in [0.5, 0.6) is 0 Å². The van der Waals surface area contributed by atoms with E-state index in [2.05, 4.69) is 58.4 Å². The molecule has 1 amide bonds.